The third-order valence-corrected chi connectivity index (χ3v) is 0.903. The minimum atomic E-state index is -0.543. The Hall–Kier alpha value is -1.12. The molecule has 0 radical (unpaired) electrons. The zero-order valence-corrected chi connectivity index (χ0v) is 4.89. The molecule has 0 aliphatic heterocycles. The van der Waals surface area contributed by atoms with Crippen LogP contribution in [0.1, 0.15) is 1.37 Å². The molecule has 1 rings (SSSR count). The van der Waals surface area contributed by atoms with Crippen molar-refractivity contribution in [2.75, 3.05) is 7.11 Å². The standard InChI is InChI=1S/C6H6FNO/c1-9-6-2-3-8-4-5(6)7/h2-4H,1H3/i3D. The van der Waals surface area contributed by atoms with E-state index in [1.807, 2.05) is 0 Å². The van der Waals surface area contributed by atoms with E-state index < -0.39 is 5.82 Å². The van der Waals surface area contributed by atoms with E-state index in [1.54, 1.807) is 0 Å². The molecule has 3 heteroatoms. The van der Waals surface area contributed by atoms with Crippen LogP contribution in [0.4, 0.5) is 4.39 Å². The van der Waals surface area contributed by atoms with Crippen LogP contribution in [0.5, 0.6) is 5.75 Å². The molecular formula is C6H6FNO. The van der Waals surface area contributed by atoms with Crippen LogP contribution < -0.4 is 4.74 Å². The second-order valence-corrected chi connectivity index (χ2v) is 1.45. The maximum atomic E-state index is 12.5. The van der Waals surface area contributed by atoms with Crippen molar-refractivity contribution < 1.29 is 10.5 Å². The summed E-state index contributed by atoms with van der Waals surface area (Å²) in [6, 6.07) is 1.22. The third kappa shape index (κ3) is 1.16. The molecule has 0 unspecified atom stereocenters. The Morgan fingerprint density at radius 2 is 2.67 bits per heavy atom. The summed E-state index contributed by atoms with van der Waals surface area (Å²) < 4.78 is 24.1. The molecule has 0 aromatic carbocycles. The Kier molecular flexibility index (Phi) is 1.28. The monoisotopic (exact) mass is 128 g/mol. The lowest BCUT2D eigenvalue weighted by atomic mass is 10.4. The molecule has 9 heavy (non-hydrogen) atoms. The second kappa shape index (κ2) is 2.44. The van der Waals surface area contributed by atoms with Crippen molar-refractivity contribution in [2.24, 2.45) is 0 Å². The maximum Gasteiger partial charge on any atom is 0.183 e. The fourth-order valence-corrected chi connectivity index (χ4v) is 0.479. The summed E-state index contributed by atoms with van der Waals surface area (Å²) in [4.78, 5) is 3.40. The molecule has 1 heterocycles. The lowest BCUT2D eigenvalue weighted by Crippen LogP contribution is -1.86. The first-order valence-electron chi connectivity index (χ1n) is 2.90. The number of pyridine rings is 1. The number of methoxy groups -OCH3 is 1. The van der Waals surface area contributed by atoms with Gasteiger partial charge in [-0.15, -0.1) is 0 Å². The van der Waals surface area contributed by atoms with Crippen LogP contribution >= 0.6 is 0 Å². The number of hydrogen-bond acceptors (Lipinski definition) is 2. The highest BCUT2D eigenvalue weighted by Crippen LogP contribution is 2.11. The van der Waals surface area contributed by atoms with Crippen LogP contribution in [-0.4, -0.2) is 12.1 Å². The van der Waals surface area contributed by atoms with Gasteiger partial charge in [0.2, 0.25) is 0 Å². The molecule has 0 spiro atoms. The first-order valence-corrected chi connectivity index (χ1v) is 2.40. The Bertz CT molecular complexity index is 241. The number of rotatable bonds is 1. The fourth-order valence-electron chi connectivity index (χ4n) is 0.479. The van der Waals surface area contributed by atoms with E-state index in [4.69, 9.17) is 1.37 Å². The molecular weight excluding hydrogens is 121 g/mol. The number of aromatic nitrogens is 1. The predicted octanol–water partition coefficient (Wildman–Crippen LogP) is 1.23. The van der Waals surface area contributed by atoms with Crippen LogP contribution in [0.25, 0.3) is 0 Å². The van der Waals surface area contributed by atoms with Gasteiger partial charge in [-0.05, 0) is 0 Å². The predicted molar refractivity (Wildman–Crippen MR) is 30.7 cm³/mol. The Labute approximate surface area is 53.7 Å². The van der Waals surface area contributed by atoms with Crippen LogP contribution in [0, 0.1) is 5.82 Å². The molecule has 1 aromatic rings. The summed E-state index contributed by atoms with van der Waals surface area (Å²) in [6.45, 7) is 0. The van der Waals surface area contributed by atoms with E-state index in [1.165, 1.54) is 13.2 Å². The Balaban J connectivity index is 3.09. The van der Waals surface area contributed by atoms with Gasteiger partial charge in [-0.25, -0.2) is 4.39 Å². The van der Waals surface area contributed by atoms with E-state index >= 15 is 0 Å². The zero-order valence-electron chi connectivity index (χ0n) is 5.89. The number of ether oxygens (including phenoxy) is 1. The van der Waals surface area contributed by atoms with Crippen LogP contribution in [0.15, 0.2) is 18.4 Å². The highest BCUT2D eigenvalue weighted by molar-refractivity contribution is 5.19. The Morgan fingerprint density at radius 1 is 1.89 bits per heavy atom. The van der Waals surface area contributed by atoms with Gasteiger partial charge in [-0.1, -0.05) is 0 Å². The molecule has 2 nitrogen and oxygen atoms in total. The van der Waals surface area contributed by atoms with Gasteiger partial charge in [0.05, 0.1) is 14.7 Å². The number of halogens is 1. The van der Waals surface area contributed by atoms with Gasteiger partial charge in [0.1, 0.15) is 0 Å². The first-order chi connectivity index (χ1) is 4.74. The van der Waals surface area contributed by atoms with E-state index in [0.29, 0.717) is 0 Å². The smallest absolute Gasteiger partial charge is 0.183 e. The highest BCUT2D eigenvalue weighted by atomic mass is 19.1. The average molecular weight is 128 g/mol. The summed E-state index contributed by atoms with van der Waals surface area (Å²) in [5.74, 6) is -0.487. The SMILES string of the molecule is [2H]c1cc(OC)c(F)cn1. The first kappa shape index (κ1) is 4.73. The summed E-state index contributed by atoms with van der Waals surface area (Å²) in [5, 5.41) is 0. The molecule has 0 atom stereocenters. The van der Waals surface area contributed by atoms with Crippen molar-refractivity contribution in [1.29, 1.82) is 0 Å². The van der Waals surface area contributed by atoms with E-state index in [-0.39, 0.29) is 11.9 Å². The largest absolute Gasteiger partial charge is 0.494 e. The van der Waals surface area contributed by atoms with Gasteiger partial charge in [0.15, 0.2) is 11.6 Å². The molecule has 0 saturated carbocycles. The second-order valence-electron chi connectivity index (χ2n) is 1.45. The molecule has 0 N–H and O–H groups in total. The quantitative estimate of drug-likeness (QED) is 0.567. The minimum absolute atomic E-state index is 0.00162. The molecule has 1 aromatic heterocycles. The van der Waals surface area contributed by atoms with Crippen LogP contribution in [-0.2, 0) is 0 Å². The molecule has 48 valence electrons. The normalized spacial score (nSPS) is 10.7. The molecule has 0 aliphatic rings. The molecule has 0 amide bonds. The number of nitrogens with zero attached hydrogens (tertiary/aromatic N) is 1. The lowest BCUT2D eigenvalue weighted by molar-refractivity contribution is 0.385. The van der Waals surface area contributed by atoms with Crippen molar-refractivity contribution >= 4 is 0 Å². The highest BCUT2D eigenvalue weighted by Gasteiger charge is 1.96. The Morgan fingerprint density at radius 3 is 3.22 bits per heavy atom. The average Bonchev–Trinajstić information content (AvgIpc) is 1.94. The summed E-state index contributed by atoms with van der Waals surface area (Å²) in [6.07, 6.45) is 0.958. The van der Waals surface area contributed by atoms with Crippen molar-refractivity contribution in [3.63, 3.8) is 0 Å². The van der Waals surface area contributed by atoms with Crippen LogP contribution in [0.2, 0.25) is 0 Å². The van der Waals surface area contributed by atoms with Crippen LogP contribution in [0.3, 0.4) is 0 Å². The summed E-state index contributed by atoms with van der Waals surface area (Å²) in [7, 11) is 1.35. The van der Waals surface area contributed by atoms with Crippen molar-refractivity contribution in [3.8, 4) is 5.75 Å². The van der Waals surface area contributed by atoms with E-state index in [2.05, 4.69) is 9.72 Å². The van der Waals surface area contributed by atoms with Gasteiger partial charge in [0, 0.05) is 12.2 Å². The summed E-state index contributed by atoms with van der Waals surface area (Å²) in [5.41, 5.74) is 0. The summed E-state index contributed by atoms with van der Waals surface area (Å²) >= 11 is 0. The van der Waals surface area contributed by atoms with Gasteiger partial charge in [-0.2, -0.15) is 0 Å². The maximum absolute atomic E-state index is 12.5. The molecule has 0 aliphatic carbocycles. The molecule has 0 saturated heterocycles. The van der Waals surface area contributed by atoms with Crippen molar-refractivity contribution in [2.45, 2.75) is 0 Å². The van der Waals surface area contributed by atoms with E-state index in [9.17, 15) is 4.39 Å². The van der Waals surface area contributed by atoms with Crippen molar-refractivity contribution in [3.05, 3.63) is 24.3 Å². The van der Waals surface area contributed by atoms with Gasteiger partial charge in [0.25, 0.3) is 0 Å². The minimum Gasteiger partial charge on any atom is -0.494 e. The topological polar surface area (TPSA) is 22.1 Å². The zero-order chi connectivity index (χ0) is 7.56. The fraction of sp³-hybridized carbons (Fsp3) is 0.167. The van der Waals surface area contributed by atoms with Gasteiger partial charge < -0.3 is 4.74 Å². The van der Waals surface area contributed by atoms with Crippen molar-refractivity contribution in [1.82, 2.24) is 4.98 Å². The van der Waals surface area contributed by atoms with Gasteiger partial charge >= 0.3 is 0 Å². The lowest BCUT2D eigenvalue weighted by Gasteiger charge is -1.96. The van der Waals surface area contributed by atoms with E-state index in [0.717, 1.165) is 6.20 Å². The van der Waals surface area contributed by atoms with Gasteiger partial charge in [-0.3, -0.25) is 4.98 Å². The third-order valence-electron chi connectivity index (χ3n) is 0.903. The molecule has 0 fully saturated rings. The number of hydrogen-bond donors (Lipinski definition) is 0. The molecule has 0 bridgehead atoms.